The second-order valence-electron chi connectivity index (χ2n) is 7.32. The van der Waals surface area contributed by atoms with Crippen LogP contribution in [-0.2, 0) is 10.2 Å². The van der Waals surface area contributed by atoms with E-state index < -0.39 is 0 Å². The second kappa shape index (κ2) is 9.01. The number of halogens is 2. The number of nitrogens with two attached hydrogens (primary N) is 1. The van der Waals surface area contributed by atoms with Crippen LogP contribution in [0.3, 0.4) is 0 Å². The smallest absolute Gasteiger partial charge is 0.217 e. The van der Waals surface area contributed by atoms with Gasteiger partial charge in [0.1, 0.15) is 5.82 Å². The Hall–Kier alpha value is -1.38. The van der Waals surface area contributed by atoms with E-state index in [-0.39, 0.29) is 41.1 Å². The average molecular weight is 474 g/mol. The topological polar surface area (TPSA) is 70.7 Å². The molecule has 1 saturated heterocycles. The zero-order chi connectivity index (χ0) is 17.9. The summed E-state index contributed by atoms with van der Waals surface area (Å²) >= 11 is 0. The summed E-state index contributed by atoms with van der Waals surface area (Å²) in [6.45, 7) is 2.48. The third-order valence-electron chi connectivity index (χ3n) is 5.40. The Balaban J connectivity index is 0.00000243. The van der Waals surface area contributed by atoms with Crippen LogP contribution in [0.4, 0.5) is 4.39 Å². The summed E-state index contributed by atoms with van der Waals surface area (Å²) in [4.78, 5) is 17.8. The fraction of sp³-hybridized carbons (Fsp3) is 0.579. The van der Waals surface area contributed by atoms with Gasteiger partial charge in [-0.05, 0) is 49.3 Å². The van der Waals surface area contributed by atoms with Crippen LogP contribution in [0.5, 0.6) is 0 Å². The molecule has 144 valence electrons. The summed E-state index contributed by atoms with van der Waals surface area (Å²) in [6, 6.07) is 6.91. The molecule has 1 atom stereocenters. The van der Waals surface area contributed by atoms with Gasteiger partial charge >= 0.3 is 0 Å². The van der Waals surface area contributed by atoms with Gasteiger partial charge in [0.2, 0.25) is 5.91 Å². The first-order chi connectivity index (χ1) is 12.0. The molecule has 1 unspecified atom stereocenters. The fourth-order valence-electron chi connectivity index (χ4n) is 3.83. The fourth-order valence-corrected chi connectivity index (χ4v) is 3.83. The highest BCUT2D eigenvalue weighted by Gasteiger charge is 2.44. The van der Waals surface area contributed by atoms with Crippen LogP contribution in [0, 0.1) is 11.7 Å². The highest BCUT2D eigenvalue weighted by atomic mass is 127. The molecule has 1 heterocycles. The normalized spacial score (nSPS) is 21.7. The van der Waals surface area contributed by atoms with Gasteiger partial charge < -0.3 is 16.0 Å². The lowest BCUT2D eigenvalue weighted by Gasteiger charge is -2.35. The number of hydrogen-bond donors (Lipinski definition) is 2. The number of hydrogen-bond acceptors (Lipinski definition) is 2. The monoisotopic (exact) mass is 474 g/mol. The molecule has 1 aliphatic carbocycles. The Bertz CT molecular complexity index is 663. The number of carbonyl (C=O) groups excluding carboxylic acids is 1. The number of aliphatic imine (C=N–C) groups is 1. The summed E-state index contributed by atoms with van der Waals surface area (Å²) in [5.41, 5.74) is 6.41. The van der Waals surface area contributed by atoms with E-state index in [9.17, 15) is 9.18 Å². The molecule has 1 amide bonds. The van der Waals surface area contributed by atoms with Crippen molar-refractivity contribution in [2.75, 3.05) is 26.7 Å². The van der Waals surface area contributed by atoms with Crippen molar-refractivity contribution < 1.29 is 9.18 Å². The van der Waals surface area contributed by atoms with Gasteiger partial charge in [0, 0.05) is 38.5 Å². The van der Waals surface area contributed by atoms with Crippen molar-refractivity contribution >= 4 is 35.8 Å². The predicted molar refractivity (Wildman–Crippen MR) is 112 cm³/mol. The van der Waals surface area contributed by atoms with Crippen molar-refractivity contribution in [1.29, 1.82) is 0 Å². The van der Waals surface area contributed by atoms with Gasteiger partial charge in [-0.2, -0.15) is 0 Å². The van der Waals surface area contributed by atoms with Crippen LogP contribution in [0.1, 0.15) is 37.7 Å². The van der Waals surface area contributed by atoms with Crippen LogP contribution in [0.25, 0.3) is 0 Å². The van der Waals surface area contributed by atoms with Gasteiger partial charge in [-0.3, -0.25) is 9.79 Å². The van der Waals surface area contributed by atoms with E-state index in [1.54, 1.807) is 19.2 Å². The first-order valence-electron chi connectivity index (χ1n) is 9.02. The molecule has 26 heavy (non-hydrogen) atoms. The molecule has 1 aliphatic heterocycles. The summed E-state index contributed by atoms with van der Waals surface area (Å²) in [5, 5.41) is 3.47. The van der Waals surface area contributed by atoms with Gasteiger partial charge in [0.05, 0.1) is 0 Å². The van der Waals surface area contributed by atoms with Crippen LogP contribution in [-0.4, -0.2) is 43.4 Å². The number of piperidine rings is 1. The van der Waals surface area contributed by atoms with Crippen molar-refractivity contribution in [2.24, 2.45) is 16.6 Å². The van der Waals surface area contributed by atoms with E-state index in [2.05, 4.69) is 15.2 Å². The molecule has 7 heteroatoms. The summed E-state index contributed by atoms with van der Waals surface area (Å²) in [5.74, 6) is 0.732. The number of benzene rings is 1. The minimum atomic E-state index is -0.238. The maximum atomic E-state index is 13.5. The maximum Gasteiger partial charge on any atom is 0.217 e. The number of nitrogens with zero attached hydrogens (tertiary/aromatic N) is 2. The minimum absolute atomic E-state index is 0. The van der Waals surface area contributed by atoms with Crippen LogP contribution in [0.15, 0.2) is 29.3 Å². The zero-order valence-electron chi connectivity index (χ0n) is 15.2. The molecule has 3 rings (SSSR count). The zero-order valence-corrected chi connectivity index (χ0v) is 17.5. The Morgan fingerprint density at radius 3 is 2.85 bits per heavy atom. The molecule has 2 aliphatic rings. The molecule has 1 aromatic rings. The number of nitrogens with one attached hydrogen (secondary N) is 1. The van der Waals surface area contributed by atoms with E-state index in [1.807, 2.05) is 6.07 Å². The molecule has 1 aromatic carbocycles. The predicted octanol–water partition coefficient (Wildman–Crippen LogP) is 2.64. The van der Waals surface area contributed by atoms with E-state index in [1.165, 1.54) is 6.07 Å². The molecule has 0 radical (unpaired) electrons. The van der Waals surface area contributed by atoms with E-state index in [0.717, 1.165) is 56.8 Å². The Morgan fingerprint density at radius 1 is 1.46 bits per heavy atom. The SMILES string of the molecule is CN=C(NCC1(c2cccc(F)c2)CC1)N1CCCC(CC(N)=O)C1.I. The third kappa shape index (κ3) is 5.08. The van der Waals surface area contributed by atoms with Gasteiger partial charge in [0.25, 0.3) is 0 Å². The van der Waals surface area contributed by atoms with E-state index in [0.29, 0.717) is 12.3 Å². The molecule has 0 spiro atoms. The quantitative estimate of drug-likeness (QED) is 0.392. The van der Waals surface area contributed by atoms with Crippen molar-refractivity contribution in [3.05, 3.63) is 35.6 Å². The van der Waals surface area contributed by atoms with Crippen molar-refractivity contribution in [3.63, 3.8) is 0 Å². The van der Waals surface area contributed by atoms with Crippen molar-refractivity contribution in [2.45, 2.75) is 37.5 Å². The summed E-state index contributed by atoms with van der Waals surface area (Å²) < 4.78 is 13.5. The second-order valence-corrected chi connectivity index (χ2v) is 7.32. The molecule has 0 bridgehead atoms. The summed E-state index contributed by atoms with van der Waals surface area (Å²) in [7, 11) is 1.78. The standard InChI is InChI=1S/C19H27FN4O.HI/c1-22-18(24-9-3-4-14(12-24)10-17(21)25)23-13-19(7-8-19)15-5-2-6-16(20)11-15;/h2,5-6,11,14H,3-4,7-10,12-13H2,1H3,(H2,21,25)(H,22,23);1H. The Labute approximate surface area is 171 Å². The minimum Gasteiger partial charge on any atom is -0.370 e. The number of likely N-dealkylation sites (tertiary alicyclic amines) is 1. The highest BCUT2D eigenvalue weighted by Crippen LogP contribution is 2.47. The third-order valence-corrected chi connectivity index (χ3v) is 5.40. The highest BCUT2D eigenvalue weighted by molar-refractivity contribution is 14.0. The first kappa shape index (κ1) is 20.9. The number of guanidine groups is 1. The molecule has 3 N–H and O–H groups in total. The lowest BCUT2D eigenvalue weighted by atomic mass is 9.94. The van der Waals surface area contributed by atoms with E-state index in [4.69, 9.17) is 5.73 Å². The number of amides is 1. The Kier molecular flexibility index (Phi) is 7.25. The van der Waals surface area contributed by atoms with Crippen molar-refractivity contribution in [3.8, 4) is 0 Å². The average Bonchev–Trinajstić information content (AvgIpc) is 3.36. The maximum absolute atomic E-state index is 13.5. The Morgan fingerprint density at radius 2 is 2.23 bits per heavy atom. The molecule has 1 saturated carbocycles. The molecule has 2 fully saturated rings. The van der Waals surface area contributed by atoms with Crippen LogP contribution < -0.4 is 11.1 Å². The number of rotatable bonds is 5. The van der Waals surface area contributed by atoms with Crippen molar-refractivity contribution in [1.82, 2.24) is 10.2 Å². The van der Waals surface area contributed by atoms with E-state index >= 15 is 0 Å². The van der Waals surface area contributed by atoms with Crippen LogP contribution in [0.2, 0.25) is 0 Å². The van der Waals surface area contributed by atoms with Gasteiger partial charge in [0.15, 0.2) is 5.96 Å². The van der Waals surface area contributed by atoms with Crippen LogP contribution >= 0.6 is 24.0 Å². The molecular formula is C19H28FIN4O. The molecule has 0 aromatic heterocycles. The first-order valence-corrected chi connectivity index (χ1v) is 9.02. The molecule has 5 nitrogen and oxygen atoms in total. The number of carbonyl (C=O) groups is 1. The lowest BCUT2D eigenvalue weighted by molar-refractivity contribution is -0.119. The number of primary amides is 1. The summed E-state index contributed by atoms with van der Waals surface area (Å²) in [6.07, 6.45) is 4.62. The van der Waals surface area contributed by atoms with Gasteiger partial charge in [-0.25, -0.2) is 4.39 Å². The largest absolute Gasteiger partial charge is 0.370 e. The molecular weight excluding hydrogens is 446 g/mol. The lowest BCUT2D eigenvalue weighted by Crippen LogP contribution is -2.48. The van der Waals surface area contributed by atoms with Gasteiger partial charge in [-0.15, -0.1) is 24.0 Å². The van der Waals surface area contributed by atoms with Gasteiger partial charge in [-0.1, -0.05) is 12.1 Å².